The number of carbonyl (C=O) groups excluding carboxylic acids is 1. The SMILES string of the molecule is CC(C)CC(=O)N1CCC(NC2CCC(C)C(C)C2)CC1. The van der Waals surface area contributed by atoms with Crippen LogP contribution in [0, 0.1) is 17.8 Å². The number of hydrogen-bond acceptors (Lipinski definition) is 2. The van der Waals surface area contributed by atoms with E-state index in [-0.39, 0.29) is 0 Å². The summed E-state index contributed by atoms with van der Waals surface area (Å²) in [6.07, 6.45) is 6.99. The molecule has 1 N–H and O–H groups in total. The summed E-state index contributed by atoms with van der Waals surface area (Å²) in [6.45, 7) is 10.9. The standard InChI is InChI=1S/C18H34N2O/c1-13(2)11-18(21)20-9-7-16(8-10-20)19-17-6-5-14(3)15(4)12-17/h13-17,19H,5-12H2,1-4H3. The summed E-state index contributed by atoms with van der Waals surface area (Å²) in [7, 11) is 0. The molecule has 1 saturated heterocycles. The number of likely N-dealkylation sites (tertiary alicyclic amines) is 1. The normalized spacial score (nSPS) is 31.7. The number of piperidine rings is 1. The maximum atomic E-state index is 12.1. The largest absolute Gasteiger partial charge is 0.343 e. The van der Waals surface area contributed by atoms with Gasteiger partial charge < -0.3 is 10.2 Å². The summed E-state index contributed by atoms with van der Waals surface area (Å²) in [4.78, 5) is 14.2. The van der Waals surface area contributed by atoms with Crippen LogP contribution in [-0.4, -0.2) is 36.0 Å². The molecule has 21 heavy (non-hydrogen) atoms. The van der Waals surface area contributed by atoms with E-state index in [1.54, 1.807) is 0 Å². The quantitative estimate of drug-likeness (QED) is 0.861. The van der Waals surface area contributed by atoms with Gasteiger partial charge in [0.25, 0.3) is 0 Å². The smallest absolute Gasteiger partial charge is 0.222 e. The molecule has 3 nitrogen and oxygen atoms in total. The molecule has 1 saturated carbocycles. The molecule has 3 atom stereocenters. The Morgan fingerprint density at radius 3 is 2.29 bits per heavy atom. The van der Waals surface area contributed by atoms with Crippen LogP contribution in [0.15, 0.2) is 0 Å². The molecule has 1 aliphatic heterocycles. The van der Waals surface area contributed by atoms with Gasteiger partial charge in [0.05, 0.1) is 0 Å². The molecule has 3 heteroatoms. The van der Waals surface area contributed by atoms with Crippen molar-refractivity contribution in [1.29, 1.82) is 0 Å². The van der Waals surface area contributed by atoms with Crippen molar-refractivity contribution in [3.05, 3.63) is 0 Å². The fourth-order valence-corrected chi connectivity index (χ4v) is 3.81. The summed E-state index contributed by atoms with van der Waals surface area (Å²) in [5, 5.41) is 3.87. The second kappa shape index (κ2) is 7.62. The molecule has 0 aromatic carbocycles. The molecule has 1 amide bonds. The molecule has 2 rings (SSSR count). The van der Waals surface area contributed by atoms with Gasteiger partial charge in [-0.1, -0.05) is 27.7 Å². The van der Waals surface area contributed by atoms with E-state index in [1.165, 1.54) is 19.3 Å². The highest BCUT2D eigenvalue weighted by molar-refractivity contribution is 5.76. The molecular weight excluding hydrogens is 260 g/mol. The fourth-order valence-electron chi connectivity index (χ4n) is 3.81. The lowest BCUT2D eigenvalue weighted by atomic mass is 9.79. The van der Waals surface area contributed by atoms with Crippen molar-refractivity contribution in [2.45, 2.75) is 78.3 Å². The average Bonchev–Trinajstić information content (AvgIpc) is 2.43. The monoisotopic (exact) mass is 294 g/mol. The number of carbonyl (C=O) groups is 1. The van der Waals surface area contributed by atoms with E-state index in [0.29, 0.717) is 30.3 Å². The van der Waals surface area contributed by atoms with Crippen LogP contribution < -0.4 is 5.32 Å². The van der Waals surface area contributed by atoms with Crippen LogP contribution in [0.25, 0.3) is 0 Å². The van der Waals surface area contributed by atoms with Gasteiger partial charge in [-0.05, 0) is 49.9 Å². The Labute approximate surface area is 130 Å². The minimum absolute atomic E-state index is 0.351. The Kier molecular flexibility index (Phi) is 6.09. The van der Waals surface area contributed by atoms with E-state index in [0.717, 1.165) is 37.8 Å². The molecule has 0 aromatic rings. The van der Waals surface area contributed by atoms with Crippen LogP contribution in [0.3, 0.4) is 0 Å². The fraction of sp³-hybridized carbons (Fsp3) is 0.944. The number of hydrogen-bond donors (Lipinski definition) is 1. The van der Waals surface area contributed by atoms with E-state index in [9.17, 15) is 4.79 Å². The highest BCUT2D eigenvalue weighted by atomic mass is 16.2. The Morgan fingerprint density at radius 1 is 1.05 bits per heavy atom. The van der Waals surface area contributed by atoms with E-state index < -0.39 is 0 Å². The molecule has 2 aliphatic rings. The van der Waals surface area contributed by atoms with Gasteiger partial charge in [0.2, 0.25) is 5.91 Å². The first-order valence-corrected chi connectivity index (χ1v) is 8.99. The minimum atomic E-state index is 0.351. The zero-order chi connectivity index (χ0) is 15.4. The zero-order valence-electron chi connectivity index (χ0n) is 14.4. The number of nitrogens with one attached hydrogen (secondary N) is 1. The van der Waals surface area contributed by atoms with E-state index in [1.807, 2.05) is 0 Å². The van der Waals surface area contributed by atoms with Gasteiger partial charge in [-0.2, -0.15) is 0 Å². The Bertz CT molecular complexity index is 334. The molecule has 122 valence electrons. The lowest BCUT2D eigenvalue weighted by molar-refractivity contribution is -0.133. The predicted molar refractivity (Wildman–Crippen MR) is 88.2 cm³/mol. The topological polar surface area (TPSA) is 32.3 Å². The second-order valence-electron chi connectivity index (χ2n) is 7.88. The van der Waals surface area contributed by atoms with Crippen LogP contribution in [0.4, 0.5) is 0 Å². The Hall–Kier alpha value is -0.570. The Morgan fingerprint density at radius 2 is 1.71 bits per heavy atom. The maximum Gasteiger partial charge on any atom is 0.222 e. The van der Waals surface area contributed by atoms with E-state index in [2.05, 4.69) is 37.9 Å². The number of amides is 1. The molecule has 1 heterocycles. The zero-order valence-corrected chi connectivity index (χ0v) is 14.4. The lowest BCUT2D eigenvalue weighted by Crippen LogP contribution is -2.49. The van der Waals surface area contributed by atoms with E-state index in [4.69, 9.17) is 0 Å². The molecule has 0 spiro atoms. The van der Waals surface area contributed by atoms with Gasteiger partial charge in [-0.3, -0.25) is 4.79 Å². The summed E-state index contributed by atoms with van der Waals surface area (Å²) in [6, 6.07) is 1.33. The maximum absolute atomic E-state index is 12.1. The molecule has 2 fully saturated rings. The number of rotatable bonds is 4. The van der Waals surface area contributed by atoms with Gasteiger partial charge in [0.1, 0.15) is 0 Å². The van der Waals surface area contributed by atoms with Crippen molar-refractivity contribution in [2.24, 2.45) is 17.8 Å². The third-order valence-corrected chi connectivity index (χ3v) is 5.50. The third-order valence-electron chi connectivity index (χ3n) is 5.50. The van der Waals surface area contributed by atoms with Crippen LogP contribution in [-0.2, 0) is 4.79 Å². The molecule has 0 radical (unpaired) electrons. The number of nitrogens with zero attached hydrogens (tertiary/aromatic N) is 1. The average molecular weight is 294 g/mol. The predicted octanol–water partition coefficient (Wildman–Crippen LogP) is 3.44. The lowest BCUT2D eigenvalue weighted by Gasteiger charge is -2.38. The van der Waals surface area contributed by atoms with Crippen molar-refractivity contribution >= 4 is 5.91 Å². The summed E-state index contributed by atoms with van der Waals surface area (Å²) in [5.74, 6) is 2.56. The summed E-state index contributed by atoms with van der Waals surface area (Å²) < 4.78 is 0. The van der Waals surface area contributed by atoms with Crippen LogP contribution in [0.5, 0.6) is 0 Å². The van der Waals surface area contributed by atoms with Crippen LogP contribution in [0.1, 0.15) is 66.2 Å². The van der Waals surface area contributed by atoms with Gasteiger partial charge >= 0.3 is 0 Å². The van der Waals surface area contributed by atoms with Crippen molar-refractivity contribution in [3.63, 3.8) is 0 Å². The van der Waals surface area contributed by atoms with Gasteiger partial charge in [0.15, 0.2) is 0 Å². The first kappa shape index (κ1) is 16.8. The Balaban J connectivity index is 1.71. The van der Waals surface area contributed by atoms with Gasteiger partial charge in [-0.15, -0.1) is 0 Å². The molecule has 0 bridgehead atoms. The highest BCUT2D eigenvalue weighted by Crippen LogP contribution is 2.30. The molecule has 0 aromatic heterocycles. The van der Waals surface area contributed by atoms with E-state index >= 15 is 0 Å². The van der Waals surface area contributed by atoms with Crippen molar-refractivity contribution in [2.75, 3.05) is 13.1 Å². The second-order valence-corrected chi connectivity index (χ2v) is 7.88. The minimum Gasteiger partial charge on any atom is -0.343 e. The van der Waals surface area contributed by atoms with Crippen LogP contribution >= 0.6 is 0 Å². The first-order chi connectivity index (χ1) is 9.95. The van der Waals surface area contributed by atoms with Crippen LogP contribution in [0.2, 0.25) is 0 Å². The molecular formula is C18H34N2O. The first-order valence-electron chi connectivity index (χ1n) is 8.99. The van der Waals surface area contributed by atoms with Gasteiger partial charge in [-0.25, -0.2) is 0 Å². The summed E-state index contributed by atoms with van der Waals surface area (Å²) >= 11 is 0. The van der Waals surface area contributed by atoms with Crippen molar-refractivity contribution < 1.29 is 4.79 Å². The highest BCUT2D eigenvalue weighted by Gasteiger charge is 2.28. The van der Waals surface area contributed by atoms with Crippen molar-refractivity contribution in [1.82, 2.24) is 10.2 Å². The van der Waals surface area contributed by atoms with Gasteiger partial charge in [0, 0.05) is 31.6 Å². The summed E-state index contributed by atoms with van der Waals surface area (Å²) in [5.41, 5.74) is 0. The molecule has 3 unspecified atom stereocenters. The van der Waals surface area contributed by atoms with Crippen molar-refractivity contribution in [3.8, 4) is 0 Å². The molecule has 1 aliphatic carbocycles. The third kappa shape index (κ3) is 4.98.